The maximum atomic E-state index is 12.7. The minimum Gasteiger partial charge on any atom is -0.477 e. The number of carbonyl (C=O) groups is 4. The summed E-state index contributed by atoms with van der Waals surface area (Å²) in [4.78, 5) is 49.5. The highest BCUT2D eigenvalue weighted by molar-refractivity contribution is 5.78. The van der Waals surface area contributed by atoms with E-state index in [0.29, 0.717) is 0 Å². The quantitative estimate of drug-likeness (QED) is 0.0691. The van der Waals surface area contributed by atoms with E-state index in [9.17, 15) is 90.7 Å². The van der Waals surface area contributed by atoms with Gasteiger partial charge in [-0.2, -0.15) is 0 Å². The number of hydrogen-bond donors (Lipinski definition) is 16. The van der Waals surface area contributed by atoms with Crippen LogP contribution in [0.5, 0.6) is 0 Å². The lowest BCUT2D eigenvalue weighted by Crippen LogP contribution is -2.71. The summed E-state index contributed by atoms with van der Waals surface area (Å²) in [6.07, 6.45) is -30.4. The van der Waals surface area contributed by atoms with Gasteiger partial charge >= 0.3 is 11.9 Å². The molecule has 16 N–H and O–H groups in total. The SMILES string of the molecule is CC(=O)N[C@H]1[C@H]([C@H](O)[C@H](O)CO)O[C@@](O[C@H](CO)[C@@H](O)[C@@H]2O[C@@](O[C@H]3[C@@H](O)[C@@H](CO)OC(O)[C@@H]3O)(C(=O)O)C[C@H](O)[C@H]2NC(=O)CO)(C(=O)O)C[C@@H]1O. The van der Waals surface area contributed by atoms with Gasteiger partial charge in [-0.1, -0.05) is 0 Å². The molecule has 3 saturated heterocycles. The van der Waals surface area contributed by atoms with Gasteiger partial charge in [-0.15, -0.1) is 0 Å². The molecule has 3 heterocycles. The highest BCUT2D eigenvalue weighted by Crippen LogP contribution is 2.39. The number of carboxylic acid groups (broad SMARTS) is 2. The van der Waals surface area contributed by atoms with Crippen LogP contribution in [0.25, 0.3) is 0 Å². The largest absolute Gasteiger partial charge is 0.477 e. The van der Waals surface area contributed by atoms with Crippen molar-refractivity contribution < 1.29 is 114 Å². The molecule has 2 amide bonds. The van der Waals surface area contributed by atoms with Gasteiger partial charge in [-0.25, -0.2) is 9.59 Å². The number of rotatable bonds is 16. The standard InChI is InChI=1S/C28H46N2O23/c1-8(35)29-15-9(36)2-27(25(45)46,51-21(15)17(40)11(38)4-31)50-13(6-33)19(42)22-16(30-14(39)7-34)10(37)3-28(52-22,26(47)48)53-23-18(41)12(5-32)49-24(44)20(23)43/h9-13,15-24,31-34,36-38,40-44H,2-7H2,1H3,(H,29,35)(H,30,39)(H,45,46)(H,47,48)/t9-,10-,11+,12+,13+,15+,16+,17+,18-,19+,20+,21+,22+,23-,24?,27+,28-/m0/s1. The van der Waals surface area contributed by atoms with Crippen molar-refractivity contribution in [3.63, 3.8) is 0 Å². The molecule has 3 rings (SSSR count). The molecule has 0 aromatic rings. The molecule has 0 aromatic heterocycles. The van der Waals surface area contributed by atoms with Crippen molar-refractivity contribution in [2.75, 3.05) is 26.4 Å². The number of ether oxygens (including phenoxy) is 5. The van der Waals surface area contributed by atoms with Crippen molar-refractivity contribution in [1.29, 1.82) is 0 Å². The van der Waals surface area contributed by atoms with E-state index in [0.717, 1.165) is 6.92 Å². The third kappa shape index (κ3) is 9.54. The Morgan fingerprint density at radius 1 is 0.774 bits per heavy atom. The molecule has 0 aliphatic carbocycles. The van der Waals surface area contributed by atoms with E-state index >= 15 is 0 Å². The molecule has 53 heavy (non-hydrogen) atoms. The van der Waals surface area contributed by atoms with Crippen LogP contribution in [0.1, 0.15) is 19.8 Å². The Morgan fingerprint density at radius 2 is 1.30 bits per heavy atom. The zero-order valence-corrected chi connectivity index (χ0v) is 27.8. The first kappa shape index (κ1) is 44.6. The number of carboxylic acids is 2. The maximum absolute atomic E-state index is 12.7. The third-order valence-corrected chi connectivity index (χ3v) is 8.96. The highest BCUT2D eigenvalue weighted by Gasteiger charge is 2.61. The van der Waals surface area contributed by atoms with Crippen molar-refractivity contribution >= 4 is 23.8 Å². The summed E-state index contributed by atoms with van der Waals surface area (Å²) < 4.78 is 26.8. The van der Waals surface area contributed by atoms with Crippen LogP contribution >= 0.6 is 0 Å². The van der Waals surface area contributed by atoms with E-state index in [-0.39, 0.29) is 0 Å². The van der Waals surface area contributed by atoms with Crippen molar-refractivity contribution in [3.8, 4) is 0 Å². The van der Waals surface area contributed by atoms with Crippen LogP contribution in [-0.2, 0) is 42.9 Å². The molecule has 3 fully saturated rings. The zero-order valence-electron chi connectivity index (χ0n) is 27.8. The van der Waals surface area contributed by atoms with Gasteiger partial charge in [0.1, 0.15) is 67.6 Å². The molecule has 0 bridgehead atoms. The topological polar surface area (TPSA) is 422 Å². The third-order valence-electron chi connectivity index (χ3n) is 8.96. The number of amides is 2. The second kappa shape index (κ2) is 18.2. The Morgan fingerprint density at radius 3 is 1.79 bits per heavy atom. The molecule has 0 saturated carbocycles. The summed E-state index contributed by atoms with van der Waals surface area (Å²) in [5.74, 6) is -12.7. The van der Waals surface area contributed by atoms with E-state index in [1.54, 1.807) is 0 Å². The molecule has 3 aliphatic heterocycles. The normalized spacial score (nSPS) is 40.0. The number of hydrogen-bond acceptors (Lipinski definition) is 21. The summed E-state index contributed by atoms with van der Waals surface area (Å²) in [6.45, 7) is -3.78. The van der Waals surface area contributed by atoms with Gasteiger partial charge in [0.15, 0.2) is 6.29 Å². The van der Waals surface area contributed by atoms with Crippen LogP contribution in [0.2, 0.25) is 0 Å². The van der Waals surface area contributed by atoms with Crippen molar-refractivity contribution in [2.45, 2.75) is 123 Å². The predicted octanol–water partition coefficient (Wildman–Crippen LogP) is -9.90. The van der Waals surface area contributed by atoms with Gasteiger partial charge in [-0.3, -0.25) is 9.59 Å². The van der Waals surface area contributed by atoms with Gasteiger partial charge < -0.3 is 106 Å². The predicted molar refractivity (Wildman–Crippen MR) is 160 cm³/mol. The monoisotopic (exact) mass is 778 g/mol. The molecular formula is C28H46N2O23. The van der Waals surface area contributed by atoms with Crippen molar-refractivity contribution in [2.24, 2.45) is 0 Å². The smallest absolute Gasteiger partial charge is 0.364 e. The lowest BCUT2D eigenvalue weighted by Gasteiger charge is -2.50. The van der Waals surface area contributed by atoms with Crippen LogP contribution in [-0.4, -0.2) is 225 Å². The Kier molecular flexibility index (Phi) is 15.3. The molecule has 0 spiro atoms. The molecule has 17 atom stereocenters. The number of nitrogens with one attached hydrogen (secondary N) is 2. The second-order valence-electron chi connectivity index (χ2n) is 12.7. The van der Waals surface area contributed by atoms with E-state index < -0.39 is 166 Å². The van der Waals surface area contributed by atoms with Gasteiger partial charge in [0.25, 0.3) is 11.6 Å². The average molecular weight is 779 g/mol. The summed E-state index contributed by atoms with van der Waals surface area (Å²) in [7, 11) is 0. The fourth-order valence-corrected chi connectivity index (χ4v) is 6.26. The lowest BCUT2D eigenvalue weighted by atomic mass is 9.87. The first-order chi connectivity index (χ1) is 24.7. The van der Waals surface area contributed by atoms with Crippen LogP contribution < -0.4 is 10.6 Å². The van der Waals surface area contributed by atoms with Crippen molar-refractivity contribution in [3.05, 3.63) is 0 Å². The molecule has 0 radical (unpaired) electrons. The average Bonchev–Trinajstić information content (AvgIpc) is 3.11. The minimum atomic E-state index is -3.24. The highest BCUT2D eigenvalue weighted by atomic mass is 16.8. The molecule has 25 heteroatoms. The molecular weight excluding hydrogens is 732 g/mol. The molecule has 3 aliphatic rings. The number of aliphatic hydroxyl groups is 12. The van der Waals surface area contributed by atoms with Crippen LogP contribution in [0, 0.1) is 0 Å². The minimum absolute atomic E-state index is 0.823. The van der Waals surface area contributed by atoms with E-state index in [2.05, 4.69) is 5.32 Å². The summed E-state index contributed by atoms with van der Waals surface area (Å²) in [5, 5.41) is 149. The molecule has 0 aromatic carbocycles. The Labute approximate surface area is 298 Å². The van der Waals surface area contributed by atoms with Gasteiger partial charge in [0.2, 0.25) is 11.8 Å². The first-order valence-corrected chi connectivity index (χ1v) is 16.0. The van der Waals surface area contributed by atoms with Gasteiger partial charge in [-0.05, 0) is 0 Å². The first-order valence-electron chi connectivity index (χ1n) is 16.0. The lowest BCUT2D eigenvalue weighted by molar-refractivity contribution is -0.371. The van der Waals surface area contributed by atoms with Crippen molar-refractivity contribution in [1.82, 2.24) is 10.6 Å². The van der Waals surface area contributed by atoms with Crippen LogP contribution in [0.4, 0.5) is 0 Å². The fraction of sp³-hybridized carbons (Fsp3) is 0.857. The summed E-state index contributed by atoms with van der Waals surface area (Å²) in [6, 6.07) is -3.60. The van der Waals surface area contributed by atoms with Crippen LogP contribution in [0.15, 0.2) is 0 Å². The molecule has 25 nitrogen and oxygen atoms in total. The Hall–Kier alpha value is -2.80. The van der Waals surface area contributed by atoms with E-state index in [1.807, 2.05) is 5.32 Å². The maximum Gasteiger partial charge on any atom is 0.364 e. The summed E-state index contributed by atoms with van der Waals surface area (Å²) in [5.41, 5.74) is 0. The number of aliphatic hydroxyl groups excluding tert-OH is 12. The van der Waals surface area contributed by atoms with Gasteiger partial charge in [0.05, 0.1) is 44.1 Å². The number of carbonyl (C=O) groups excluding carboxylic acids is 2. The van der Waals surface area contributed by atoms with E-state index in [4.69, 9.17) is 23.7 Å². The molecule has 1 unspecified atom stereocenters. The van der Waals surface area contributed by atoms with E-state index in [1.165, 1.54) is 0 Å². The Balaban J connectivity index is 2.07. The summed E-state index contributed by atoms with van der Waals surface area (Å²) >= 11 is 0. The van der Waals surface area contributed by atoms with Crippen LogP contribution in [0.3, 0.4) is 0 Å². The van der Waals surface area contributed by atoms with Gasteiger partial charge in [0, 0.05) is 19.8 Å². The fourth-order valence-electron chi connectivity index (χ4n) is 6.26. The molecule has 306 valence electrons. The Bertz CT molecular complexity index is 1280. The second-order valence-corrected chi connectivity index (χ2v) is 12.7. The number of aliphatic carboxylic acids is 2. The zero-order chi connectivity index (χ0) is 40.2.